The molecular weight excluding hydrogens is 257 g/mol. The van der Waals surface area contributed by atoms with Gasteiger partial charge in [-0.3, -0.25) is 4.79 Å². The second kappa shape index (κ2) is 7.28. The molecule has 2 nitrogen and oxygen atoms in total. The van der Waals surface area contributed by atoms with Gasteiger partial charge in [0.15, 0.2) is 5.78 Å². The topological polar surface area (TPSA) is 26.3 Å². The van der Waals surface area contributed by atoms with E-state index in [1.165, 1.54) is 0 Å². The van der Waals surface area contributed by atoms with Gasteiger partial charge in [-0.1, -0.05) is 31.5 Å². The lowest BCUT2D eigenvalue weighted by atomic mass is 10.0. The van der Waals surface area contributed by atoms with Crippen LogP contribution in [-0.2, 0) is 11.2 Å². The minimum absolute atomic E-state index is 0.0361. The summed E-state index contributed by atoms with van der Waals surface area (Å²) in [6.45, 7) is 0.520. The smallest absolute Gasteiger partial charge is 0.372 e. The minimum atomic E-state index is -4.34. The van der Waals surface area contributed by atoms with E-state index in [2.05, 4.69) is 4.74 Å². The summed E-state index contributed by atoms with van der Waals surface area (Å²) in [4.78, 5) is 11.8. The second-order valence-corrected chi connectivity index (χ2v) is 4.29. The predicted molar refractivity (Wildman–Crippen MR) is 66.3 cm³/mol. The zero-order valence-corrected chi connectivity index (χ0v) is 10.8. The third-order valence-corrected chi connectivity index (χ3v) is 2.53. The molecule has 0 saturated heterocycles. The molecule has 0 spiro atoms. The van der Waals surface area contributed by atoms with Crippen LogP contribution in [0, 0.1) is 0 Å². The van der Waals surface area contributed by atoms with Crippen LogP contribution in [0.3, 0.4) is 0 Å². The molecule has 106 valence electrons. The molecular formula is C14H17F3O2. The normalized spacial score (nSPS) is 11.6. The van der Waals surface area contributed by atoms with Crippen LogP contribution in [0.5, 0.6) is 0 Å². The molecule has 19 heavy (non-hydrogen) atoms. The second-order valence-electron chi connectivity index (χ2n) is 4.29. The quantitative estimate of drug-likeness (QED) is 0.558. The van der Waals surface area contributed by atoms with Crippen molar-refractivity contribution in [3.05, 3.63) is 35.4 Å². The molecule has 1 aromatic rings. The van der Waals surface area contributed by atoms with Crippen LogP contribution >= 0.6 is 0 Å². The molecule has 5 heteroatoms. The molecule has 1 aromatic carbocycles. The molecule has 0 aliphatic rings. The van der Waals surface area contributed by atoms with Crippen molar-refractivity contribution in [1.29, 1.82) is 0 Å². The van der Waals surface area contributed by atoms with Crippen molar-refractivity contribution in [3.63, 3.8) is 0 Å². The number of carbonyl (C=O) groups excluding carboxylic acids is 1. The van der Waals surface area contributed by atoms with E-state index in [0.717, 1.165) is 18.4 Å². The van der Waals surface area contributed by atoms with Crippen molar-refractivity contribution >= 4 is 5.78 Å². The Bertz CT molecular complexity index is 413. The van der Waals surface area contributed by atoms with Crippen molar-refractivity contribution in [3.8, 4) is 0 Å². The summed E-state index contributed by atoms with van der Waals surface area (Å²) in [5, 5.41) is 0. The number of carbonyl (C=O) groups is 1. The summed E-state index contributed by atoms with van der Waals surface area (Å²) in [5.74, 6) is -0.194. The minimum Gasteiger partial charge on any atom is -0.372 e. The highest BCUT2D eigenvalue weighted by molar-refractivity contribution is 5.96. The van der Waals surface area contributed by atoms with Crippen LogP contribution in [0.1, 0.15) is 35.7 Å². The molecule has 0 radical (unpaired) electrons. The Kier molecular flexibility index (Phi) is 6.02. The van der Waals surface area contributed by atoms with Crippen LogP contribution in [0.4, 0.5) is 13.2 Å². The predicted octanol–water partition coefficient (Wildman–Crippen LogP) is 3.79. The van der Waals surface area contributed by atoms with Gasteiger partial charge in [0.25, 0.3) is 0 Å². The van der Waals surface area contributed by atoms with Crippen LogP contribution in [0.15, 0.2) is 24.3 Å². The summed E-state index contributed by atoms with van der Waals surface area (Å²) < 4.78 is 39.9. The van der Waals surface area contributed by atoms with E-state index in [9.17, 15) is 18.0 Å². The number of benzene rings is 1. The molecule has 0 aliphatic carbocycles. The van der Waals surface area contributed by atoms with Crippen molar-refractivity contribution in [1.82, 2.24) is 0 Å². The Hall–Kier alpha value is -1.36. The highest BCUT2D eigenvalue weighted by Crippen LogP contribution is 2.15. The SMILES string of the molecule is CCCc1cccc(C(=O)CCOCC(F)(F)F)c1. The maximum Gasteiger partial charge on any atom is 0.411 e. The van der Waals surface area contributed by atoms with E-state index in [1.54, 1.807) is 18.2 Å². The van der Waals surface area contributed by atoms with Gasteiger partial charge in [0.2, 0.25) is 0 Å². The zero-order valence-electron chi connectivity index (χ0n) is 10.8. The molecule has 0 N–H and O–H groups in total. The fourth-order valence-corrected chi connectivity index (χ4v) is 1.69. The summed E-state index contributed by atoms with van der Waals surface area (Å²) >= 11 is 0. The molecule has 0 fully saturated rings. The lowest BCUT2D eigenvalue weighted by Gasteiger charge is -2.07. The molecule has 0 amide bonds. The lowest BCUT2D eigenvalue weighted by Crippen LogP contribution is -2.18. The van der Waals surface area contributed by atoms with Crippen molar-refractivity contribution < 1.29 is 22.7 Å². The molecule has 0 bridgehead atoms. The summed E-state index contributed by atoms with van der Waals surface area (Å²) in [6, 6.07) is 7.18. The summed E-state index contributed by atoms with van der Waals surface area (Å²) in [6.07, 6.45) is -2.52. The first kappa shape index (κ1) is 15.7. The Morgan fingerprint density at radius 2 is 2.05 bits per heavy atom. The number of rotatable bonds is 7. The number of ether oxygens (including phenoxy) is 1. The van der Waals surface area contributed by atoms with Gasteiger partial charge in [-0.25, -0.2) is 0 Å². The monoisotopic (exact) mass is 274 g/mol. The van der Waals surface area contributed by atoms with Crippen molar-refractivity contribution in [2.75, 3.05) is 13.2 Å². The van der Waals surface area contributed by atoms with Crippen LogP contribution in [0.2, 0.25) is 0 Å². The molecule has 1 rings (SSSR count). The maximum absolute atomic E-state index is 11.8. The number of hydrogen-bond acceptors (Lipinski definition) is 2. The first-order chi connectivity index (χ1) is 8.92. The summed E-state index contributed by atoms with van der Waals surface area (Å²) in [7, 11) is 0. The van der Waals surface area contributed by atoms with E-state index in [4.69, 9.17) is 0 Å². The Morgan fingerprint density at radius 3 is 2.68 bits per heavy atom. The van der Waals surface area contributed by atoms with Gasteiger partial charge in [-0.2, -0.15) is 13.2 Å². The van der Waals surface area contributed by atoms with E-state index >= 15 is 0 Å². The standard InChI is InChI=1S/C14H17F3O2/c1-2-4-11-5-3-6-12(9-11)13(18)7-8-19-10-14(15,16)17/h3,5-6,9H,2,4,7-8,10H2,1H3. The highest BCUT2D eigenvalue weighted by atomic mass is 19.4. The van der Waals surface area contributed by atoms with E-state index in [-0.39, 0.29) is 18.8 Å². The van der Waals surface area contributed by atoms with Crippen molar-refractivity contribution in [2.24, 2.45) is 0 Å². The largest absolute Gasteiger partial charge is 0.411 e. The fraction of sp³-hybridized carbons (Fsp3) is 0.500. The van der Waals surface area contributed by atoms with Gasteiger partial charge in [0.1, 0.15) is 6.61 Å². The number of Topliss-reactive ketones (excluding diaryl/α,β-unsaturated/α-hetero) is 1. The van der Waals surface area contributed by atoms with Gasteiger partial charge < -0.3 is 4.74 Å². The van der Waals surface area contributed by atoms with Crippen LogP contribution in [-0.4, -0.2) is 25.2 Å². The number of aryl methyl sites for hydroxylation is 1. The van der Waals surface area contributed by atoms with Gasteiger partial charge in [-0.05, 0) is 18.1 Å². The Balaban J connectivity index is 2.43. The molecule has 0 atom stereocenters. The number of halogens is 3. The molecule has 0 unspecified atom stereocenters. The third-order valence-electron chi connectivity index (χ3n) is 2.53. The van der Waals surface area contributed by atoms with Crippen LogP contribution in [0.25, 0.3) is 0 Å². The number of ketones is 1. The van der Waals surface area contributed by atoms with E-state index in [0.29, 0.717) is 5.56 Å². The third kappa shape index (κ3) is 6.38. The lowest BCUT2D eigenvalue weighted by molar-refractivity contribution is -0.173. The fourth-order valence-electron chi connectivity index (χ4n) is 1.69. The summed E-state index contributed by atoms with van der Waals surface area (Å²) in [5.41, 5.74) is 1.59. The van der Waals surface area contributed by atoms with Crippen LogP contribution < -0.4 is 0 Å². The van der Waals surface area contributed by atoms with Gasteiger partial charge in [-0.15, -0.1) is 0 Å². The Labute approximate surface area is 110 Å². The molecule has 0 heterocycles. The molecule has 0 aromatic heterocycles. The molecule has 0 aliphatic heterocycles. The highest BCUT2D eigenvalue weighted by Gasteiger charge is 2.27. The molecule has 0 saturated carbocycles. The average molecular weight is 274 g/mol. The number of hydrogen-bond donors (Lipinski definition) is 0. The average Bonchev–Trinajstić information content (AvgIpc) is 2.34. The zero-order chi connectivity index (χ0) is 14.3. The van der Waals surface area contributed by atoms with E-state index in [1.807, 2.05) is 13.0 Å². The number of alkyl halides is 3. The van der Waals surface area contributed by atoms with Crippen molar-refractivity contribution in [2.45, 2.75) is 32.4 Å². The van der Waals surface area contributed by atoms with Gasteiger partial charge in [0, 0.05) is 12.0 Å². The van der Waals surface area contributed by atoms with Gasteiger partial charge >= 0.3 is 6.18 Å². The van der Waals surface area contributed by atoms with E-state index < -0.39 is 12.8 Å². The maximum atomic E-state index is 11.8. The Morgan fingerprint density at radius 1 is 1.32 bits per heavy atom. The van der Waals surface area contributed by atoms with Gasteiger partial charge in [0.05, 0.1) is 6.61 Å². The first-order valence-corrected chi connectivity index (χ1v) is 6.19. The first-order valence-electron chi connectivity index (χ1n) is 6.19.